The Labute approximate surface area is 349 Å². The smallest absolute Gasteiger partial charge is 0.306 e. The number of ether oxygens (including phenoxy) is 1. The first-order chi connectivity index (χ1) is 27.4. The number of aliphatic hydroxyl groups excluding tert-OH is 1. The van der Waals surface area contributed by atoms with Crippen LogP contribution in [0.4, 0.5) is 0 Å². The van der Waals surface area contributed by atoms with E-state index < -0.39 is 18.2 Å². The van der Waals surface area contributed by atoms with Crippen molar-refractivity contribution in [1.29, 1.82) is 0 Å². The molecule has 0 rings (SSSR count). The van der Waals surface area contributed by atoms with Crippen molar-refractivity contribution in [2.45, 2.75) is 303 Å². The van der Waals surface area contributed by atoms with Gasteiger partial charge in [-0.25, -0.2) is 0 Å². The van der Waals surface area contributed by atoms with E-state index in [0.717, 1.165) is 38.5 Å². The van der Waals surface area contributed by atoms with Crippen LogP contribution < -0.4 is 5.32 Å². The highest BCUT2D eigenvalue weighted by Crippen LogP contribution is 2.20. The Morgan fingerprint density at radius 1 is 0.411 bits per heavy atom. The molecule has 0 bridgehead atoms. The molecule has 0 aliphatic carbocycles. The monoisotopic (exact) mass is 792 g/mol. The Kier molecular flexibility index (Phi) is 42.1. The second-order valence-electron chi connectivity index (χ2n) is 17.4. The Balaban J connectivity index is 4.32. The number of esters is 1. The number of unbranched alkanes of at least 4 members (excludes halogenated alkanes) is 32. The van der Waals surface area contributed by atoms with Crippen LogP contribution in [-0.4, -0.2) is 41.0 Å². The lowest BCUT2D eigenvalue weighted by molar-refractivity contribution is -0.156. The van der Waals surface area contributed by atoms with E-state index in [1.165, 1.54) is 180 Å². The normalized spacial score (nSPS) is 13.1. The van der Waals surface area contributed by atoms with Crippen LogP contribution in [0.25, 0.3) is 0 Å². The van der Waals surface area contributed by atoms with Gasteiger partial charge in [0.05, 0.1) is 6.04 Å². The van der Waals surface area contributed by atoms with Gasteiger partial charge >= 0.3 is 5.97 Å². The summed E-state index contributed by atoms with van der Waals surface area (Å²) in [5.41, 5.74) is 0. The summed E-state index contributed by atoms with van der Waals surface area (Å²) >= 11 is 0. The Morgan fingerprint density at radius 3 is 1.07 bits per heavy atom. The molecule has 6 nitrogen and oxygen atoms in total. The predicted octanol–water partition coefficient (Wildman–Crippen LogP) is 15.0. The summed E-state index contributed by atoms with van der Waals surface area (Å²) in [6.45, 7) is 8.38. The van der Waals surface area contributed by atoms with Crippen molar-refractivity contribution in [2.75, 3.05) is 0 Å². The molecular formula is C50H97NO5. The molecule has 0 aromatic rings. The molecule has 0 aliphatic heterocycles. The maximum Gasteiger partial charge on any atom is 0.306 e. The third-order valence-electron chi connectivity index (χ3n) is 11.7. The van der Waals surface area contributed by atoms with Crippen molar-refractivity contribution in [3.63, 3.8) is 0 Å². The van der Waals surface area contributed by atoms with Crippen molar-refractivity contribution >= 4 is 17.7 Å². The molecule has 56 heavy (non-hydrogen) atoms. The molecule has 0 spiro atoms. The molecule has 0 fully saturated rings. The van der Waals surface area contributed by atoms with E-state index in [0.29, 0.717) is 25.7 Å². The van der Waals surface area contributed by atoms with Crippen molar-refractivity contribution in [2.24, 2.45) is 0 Å². The molecule has 0 aromatic heterocycles. The minimum absolute atomic E-state index is 0.169. The topological polar surface area (TPSA) is 92.7 Å². The van der Waals surface area contributed by atoms with Gasteiger partial charge in [0.25, 0.3) is 0 Å². The van der Waals surface area contributed by atoms with Gasteiger partial charge in [-0.1, -0.05) is 233 Å². The highest BCUT2D eigenvalue weighted by Gasteiger charge is 2.35. The van der Waals surface area contributed by atoms with Crippen LogP contribution in [-0.2, 0) is 19.1 Å². The minimum atomic E-state index is -1.37. The zero-order valence-corrected chi connectivity index (χ0v) is 38.1. The number of ketones is 1. The fraction of sp³-hybridized carbons (Fsp3) is 0.940. The van der Waals surface area contributed by atoms with Gasteiger partial charge in [-0.2, -0.15) is 0 Å². The van der Waals surface area contributed by atoms with E-state index in [9.17, 15) is 19.5 Å². The lowest BCUT2D eigenvalue weighted by atomic mass is 9.94. The summed E-state index contributed by atoms with van der Waals surface area (Å²) < 4.78 is 5.88. The number of rotatable bonds is 45. The van der Waals surface area contributed by atoms with Crippen molar-refractivity contribution in [1.82, 2.24) is 5.32 Å². The predicted molar refractivity (Wildman–Crippen MR) is 240 cm³/mol. The Hall–Kier alpha value is -1.43. The van der Waals surface area contributed by atoms with Gasteiger partial charge in [-0.05, 0) is 32.1 Å². The quantitative estimate of drug-likeness (QED) is 0.0473. The van der Waals surface area contributed by atoms with E-state index in [2.05, 4.69) is 19.2 Å². The summed E-state index contributed by atoms with van der Waals surface area (Å²) in [6.07, 6.45) is 44.7. The first-order valence-electron chi connectivity index (χ1n) is 25.1. The van der Waals surface area contributed by atoms with E-state index in [1.807, 2.05) is 13.8 Å². The minimum Gasteiger partial charge on any atom is -0.460 e. The summed E-state index contributed by atoms with van der Waals surface area (Å²) in [5.74, 6) is -0.796. The Bertz CT molecular complexity index is 862. The largest absolute Gasteiger partial charge is 0.460 e. The zero-order chi connectivity index (χ0) is 41.2. The highest BCUT2D eigenvalue weighted by molar-refractivity contribution is 5.85. The molecule has 3 unspecified atom stereocenters. The number of hydrogen-bond donors (Lipinski definition) is 2. The number of aliphatic hydroxyl groups is 1. The summed E-state index contributed by atoms with van der Waals surface area (Å²) in [4.78, 5) is 38.7. The van der Waals surface area contributed by atoms with Crippen molar-refractivity contribution in [3.8, 4) is 0 Å². The molecule has 1 amide bonds. The van der Waals surface area contributed by atoms with Gasteiger partial charge in [0.2, 0.25) is 5.91 Å². The van der Waals surface area contributed by atoms with Crippen LogP contribution in [0.1, 0.15) is 285 Å². The molecule has 0 saturated heterocycles. The molecule has 0 saturated carbocycles. The number of carbonyl (C=O) groups is 3. The molecule has 0 aliphatic rings. The summed E-state index contributed by atoms with van der Waals surface area (Å²) in [7, 11) is 0. The van der Waals surface area contributed by atoms with E-state index >= 15 is 0 Å². The molecule has 3 atom stereocenters. The number of Topliss-reactive ketones (excluding diaryl/α,β-unsaturated/α-hetero) is 1. The fourth-order valence-electron chi connectivity index (χ4n) is 8.05. The zero-order valence-electron chi connectivity index (χ0n) is 38.1. The maximum absolute atomic E-state index is 13.2. The number of carbonyl (C=O) groups excluding carboxylic acids is 3. The number of nitrogens with one attached hydrogen (secondary N) is 1. The molecular weight excluding hydrogens is 695 g/mol. The van der Waals surface area contributed by atoms with Gasteiger partial charge in [0.1, 0.15) is 12.2 Å². The SMILES string of the molecule is CCCCCCCCCCCCCCCCCCCCCCCCCC(=O)NC(C(CCCCCCCCCCCCC)OC(=O)CCC)C(O)C(=O)CCC. The van der Waals surface area contributed by atoms with Crippen molar-refractivity contribution in [3.05, 3.63) is 0 Å². The third kappa shape index (κ3) is 35.7. The average molecular weight is 792 g/mol. The van der Waals surface area contributed by atoms with Crippen LogP contribution in [0.5, 0.6) is 0 Å². The van der Waals surface area contributed by atoms with E-state index in [-0.39, 0.29) is 30.5 Å². The van der Waals surface area contributed by atoms with Crippen LogP contribution in [0.15, 0.2) is 0 Å². The lowest BCUT2D eigenvalue weighted by Crippen LogP contribution is -2.54. The molecule has 0 heterocycles. The maximum atomic E-state index is 13.2. The first kappa shape index (κ1) is 54.6. The van der Waals surface area contributed by atoms with Gasteiger partial charge < -0.3 is 15.2 Å². The van der Waals surface area contributed by atoms with Crippen LogP contribution in [0, 0.1) is 0 Å². The lowest BCUT2D eigenvalue weighted by Gasteiger charge is -2.31. The van der Waals surface area contributed by atoms with Crippen LogP contribution in [0.3, 0.4) is 0 Å². The molecule has 6 heteroatoms. The molecule has 332 valence electrons. The third-order valence-corrected chi connectivity index (χ3v) is 11.7. The van der Waals surface area contributed by atoms with Crippen LogP contribution in [0.2, 0.25) is 0 Å². The average Bonchev–Trinajstić information content (AvgIpc) is 3.18. The van der Waals surface area contributed by atoms with E-state index in [4.69, 9.17) is 4.74 Å². The second-order valence-corrected chi connectivity index (χ2v) is 17.4. The van der Waals surface area contributed by atoms with Crippen LogP contribution >= 0.6 is 0 Å². The fourth-order valence-corrected chi connectivity index (χ4v) is 8.05. The highest BCUT2D eigenvalue weighted by atomic mass is 16.5. The van der Waals surface area contributed by atoms with Crippen molar-refractivity contribution < 1.29 is 24.2 Å². The summed E-state index contributed by atoms with van der Waals surface area (Å²) in [6, 6.07) is -0.907. The standard InChI is InChI=1S/C50H97NO5/c1-5-9-11-13-15-17-19-20-21-22-23-24-25-26-27-28-29-30-32-34-36-38-40-44-47(53)51-49(50(55)45(52)41-7-3)46(56-48(54)42-8-4)43-39-37-35-33-31-18-16-14-12-10-6-2/h46,49-50,55H,5-44H2,1-4H3,(H,51,53). The number of hydrogen-bond acceptors (Lipinski definition) is 5. The van der Waals surface area contributed by atoms with Gasteiger partial charge in [-0.15, -0.1) is 0 Å². The first-order valence-corrected chi connectivity index (χ1v) is 25.1. The Morgan fingerprint density at radius 2 is 0.732 bits per heavy atom. The van der Waals surface area contributed by atoms with Gasteiger partial charge in [0.15, 0.2) is 5.78 Å². The molecule has 0 radical (unpaired) electrons. The van der Waals surface area contributed by atoms with Gasteiger partial charge in [-0.3, -0.25) is 14.4 Å². The van der Waals surface area contributed by atoms with E-state index in [1.54, 1.807) is 0 Å². The summed E-state index contributed by atoms with van der Waals surface area (Å²) in [5, 5.41) is 14.1. The van der Waals surface area contributed by atoms with Gasteiger partial charge in [0, 0.05) is 19.3 Å². The molecule has 0 aromatic carbocycles. The second kappa shape index (κ2) is 43.2. The number of amides is 1. The molecule has 2 N–H and O–H groups in total.